The maximum absolute atomic E-state index is 13.5. The molecule has 5 aromatic rings. The van der Waals surface area contributed by atoms with Gasteiger partial charge >= 0.3 is 6.15 Å². The van der Waals surface area contributed by atoms with Gasteiger partial charge in [-0.25, -0.2) is 0 Å². The molecule has 7 heteroatoms. The number of carbonyl (C=O) groups is 1. The Labute approximate surface area is 205 Å². The van der Waals surface area contributed by atoms with Crippen LogP contribution in [0.1, 0.15) is 26.4 Å². The third-order valence-corrected chi connectivity index (χ3v) is 6.59. The number of thiophene rings is 1. The van der Waals surface area contributed by atoms with Gasteiger partial charge in [0.25, 0.3) is 0 Å². The molecule has 0 aliphatic rings. The van der Waals surface area contributed by atoms with Crippen molar-refractivity contribution in [3.05, 3.63) is 94.5 Å². The maximum Gasteiger partial charge on any atom is 0.373 e. The molecule has 0 aliphatic carbocycles. The minimum absolute atomic E-state index is 0.0483. The van der Waals surface area contributed by atoms with Crippen molar-refractivity contribution in [1.82, 2.24) is 4.98 Å². The third-order valence-electron chi connectivity index (χ3n) is 5.46. The number of fused-ring (bicyclic) bond motifs is 2. The van der Waals surface area contributed by atoms with E-state index in [2.05, 4.69) is 11.1 Å². The predicted octanol–water partition coefficient (Wildman–Crippen LogP) is 6.51. The largest absolute Gasteiger partial charge is 0.497 e. The average Bonchev–Trinajstić information content (AvgIpc) is 3.22. The van der Waals surface area contributed by atoms with Crippen LogP contribution >= 0.6 is 11.3 Å². The van der Waals surface area contributed by atoms with E-state index in [1.165, 1.54) is 11.3 Å². The van der Waals surface area contributed by atoms with Crippen LogP contribution in [0.25, 0.3) is 21.0 Å². The number of nitrogens with zero attached hydrogens (tertiary/aromatic N) is 1. The average molecular weight is 484 g/mol. The Morgan fingerprint density at radius 2 is 1.69 bits per heavy atom. The van der Waals surface area contributed by atoms with Crippen LogP contribution in [0.5, 0.6) is 17.2 Å². The molecule has 0 amide bonds. The number of pyridine rings is 1. The first-order valence-corrected chi connectivity index (χ1v) is 11.5. The lowest BCUT2D eigenvalue weighted by atomic mass is 10.0. The van der Waals surface area contributed by atoms with Crippen molar-refractivity contribution in [2.75, 3.05) is 7.11 Å². The molecule has 0 radical (unpaired) electrons. The molecule has 3 aromatic carbocycles. The number of ether oxygens (including phenoxy) is 2. The summed E-state index contributed by atoms with van der Waals surface area (Å²) in [5.74, 6) is 1.90. The summed E-state index contributed by atoms with van der Waals surface area (Å²) >= 11 is 1.42. The van der Waals surface area contributed by atoms with Crippen LogP contribution in [0.4, 0.5) is 0 Å². The minimum atomic E-state index is -0.0483. The van der Waals surface area contributed by atoms with E-state index in [-0.39, 0.29) is 11.9 Å². The second-order valence-corrected chi connectivity index (χ2v) is 8.87. The van der Waals surface area contributed by atoms with E-state index in [4.69, 9.17) is 19.1 Å². The van der Waals surface area contributed by atoms with Gasteiger partial charge in [-0.05, 0) is 61.4 Å². The SMILES string of the molecule is COc1ccc2c(Oc3ccc4cc(C)cnc4c3)c(C(=O)c3ccccc3C)sc2c1.O=C=O. The van der Waals surface area contributed by atoms with Crippen molar-refractivity contribution in [1.29, 1.82) is 0 Å². The Bertz CT molecular complexity index is 1580. The van der Waals surface area contributed by atoms with E-state index in [0.717, 1.165) is 37.9 Å². The van der Waals surface area contributed by atoms with Gasteiger partial charge in [0.15, 0.2) is 5.75 Å². The first kappa shape index (κ1) is 23.8. The number of aryl methyl sites for hydroxylation is 2. The maximum atomic E-state index is 13.5. The summed E-state index contributed by atoms with van der Waals surface area (Å²) < 4.78 is 12.7. The Morgan fingerprint density at radius 3 is 2.43 bits per heavy atom. The Balaban J connectivity index is 0.000000917. The number of hydrogen-bond acceptors (Lipinski definition) is 7. The molecule has 0 spiro atoms. The van der Waals surface area contributed by atoms with E-state index < -0.39 is 0 Å². The fourth-order valence-electron chi connectivity index (χ4n) is 3.77. The molecule has 5 rings (SSSR count). The van der Waals surface area contributed by atoms with Crippen molar-refractivity contribution in [3.63, 3.8) is 0 Å². The van der Waals surface area contributed by atoms with Gasteiger partial charge in [0, 0.05) is 33.3 Å². The summed E-state index contributed by atoms with van der Waals surface area (Å²) in [6.45, 7) is 3.97. The Kier molecular flexibility index (Phi) is 7.01. The van der Waals surface area contributed by atoms with Crippen molar-refractivity contribution < 1.29 is 23.9 Å². The predicted molar refractivity (Wildman–Crippen MR) is 135 cm³/mol. The summed E-state index contributed by atoms with van der Waals surface area (Å²) in [6.07, 6.45) is 2.09. The molecule has 0 bridgehead atoms. The van der Waals surface area contributed by atoms with Crippen LogP contribution in [-0.2, 0) is 9.59 Å². The van der Waals surface area contributed by atoms with Gasteiger partial charge in [-0.1, -0.05) is 24.3 Å². The van der Waals surface area contributed by atoms with E-state index in [1.54, 1.807) is 7.11 Å². The van der Waals surface area contributed by atoms with Gasteiger partial charge in [0.05, 0.1) is 12.6 Å². The first-order chi connectivity index (χ1) is 16.9. The first-order valence-electron chi connectivity index (χ1n) is 10.7. The van der Waals surface area contributed by atoms with Crippen molar-refractivity contribution in [2.45, 2.75) is 13.8 Å². The molecule has 0 N–H and O–H groups in total. The van der Waals surface area contributed by atoms with Gasteiger partial charge in [-0.15, -0.1) is 11.3 Å². The molecular weight excluding hydrogens is 462 g/mol. The Morgan fingerprint density at radius 1 is 0.943 bits per heavy atom. The van der Waals surface area contributed by atoms with Gasteiger partial charge in [0.1, 0.15) is 16.4 Å². The van der Waals surface area contributed by atoms with Crippen LogP contribution in [0.2, 0.25) is 0 Å². The second kappa shape index (κ2) is 10.3. The topological polar surface area (TPSA) is 82.6 Å². The molecule has 0 atom stereocenters. The van der Waals surface area contributed by atoms with E-state index in [1.807, 2.05) is 80.7 Å². The smallest absolute Gasteiger partial charge is 0.373 e. The zero-order valence-electron chi connectivity index (χ0n) is 19.3. The van der Waals surface area contributed by atoms with Gasteiger partial charge in [0.2, 0.25) is 5.78 Å². The standard InChI is InChI=1S/C27H21NO3S.CO2/c1-16-12-18-8-9-20(13-23(18)28-15-16)31-26-22-11-10-19(30-3)14-24(22)32-27(26)25(29)21-7-5-4-6-17(21)2;2-1-3/h4-15H,1-3H3;. The number of hydrogen-bond donors (Lipinski definition) is 0. The monoisotopic (exact) mass is 483 g/mol. The van der Waals surface area contributed by atoms with Crippen molar-refractivity contribution in [2.24, 2.45) is 0 Å². The van der Waals surface area contributed by atoms with Crippen LogP contribution in [0.15, 0.2) is 72.9 Å². The molecular formula is C28H21NO5S. The molecule has 0 saturated carbocycles. The molecule has 174 valence electrons. The van der Waals surface area contributed by atoms with Crippen molar-refractivity contribution in [3.8, 4) is 17.2 Å². The third kappa shape index (κ3) is 4.96. The zero-order valence-corrected chi connectivity index (χ0v) is 20.1. The highest BCUT2D eigenvalue weighted by Crippen LogP contribution is 2.43. The molecule has 0 fully saturated rings. The van der Waals surface area contributed by atoms with Crippen LogP contribution < -0.4 is 9.47 Å². The number of ketones is 1. The molecule has 0 aliphatic heterocycles. The fraction of sp³-hybridized carbons (Fsp3) is 0.107. The van der Waals surface area contributed by atoms with Crippen LogP contribution in [0.3, 0.4) is 0 Å². The summed E-state index contributed by atoms with van der Waals surface area (Å²) in [5.41, 5.74) is 3.56. The lowest BCUT2D eigenvalue weighted by Gasteiger charge is -2.10. The van der Waals surface area contributed by atoms with Crippen LogP contribution in [0, 0.1) is 13.8 Å². The molecule has 35 heavy (non-hydrogen) atoms. The highest BCUT2D eigenvalue weighted by molar-refractivity contribution is 7.21. The highest BCUT2D eigenvalue weighted by atomic mass is 32.1. The number of aromatic nitrogens is 1. The second-order valence-electron chi connectivity index (χ2n) is 7.82. The number of benzene rings is 3. The van der Waals surface area contributed by atoms with Crippen molar-refractivity contribution >= 4 is 44.3 Å². The summed E-state index contributed by atoms with van der Waals surface area (Å²) in [4.78, 5) is 34.9. The molecule has 2 heterocycles. The lowest BCUT2D eigenvalue weighted by Crippen LogP contribution is -2.03. The normalized spacial score (nSPS) is 10.4. The Hall–Kier alpha value is -4.32. The zero-order chi connectivity index (χ0) is 24.9. The van der Waals surface area contributed by atoms with E-state index in [9.17, 15) is 4.79 Å². The molecule has 2 aromatic heterocycles. The lowest BCUT2D eigenvalue weighted by molar-refractivity contribution is -0.191. The van der Waals surface area contributed by atoms with Gasteiger partial charge < -0.3 is 9.47 Å². The molecule has 0 unspecified atom stereocenters. The molecule has 6 nitrogen and oxygen atoms in total. The fourth-order valence-corrected chi connectivity index (χ4v) is 4.89. The summed E-state index contributed by atoms with van der Waals surface area (Å²) in [7, 11) is 1.63. The van der Waals surface area contributed by atoms with Gasteiger partial charge in [-0.2, -0.15) is 9.59 Å². The number of methoxy groups -OCH3 is 1. The minimum Gasteiger partial charge on any atom is -0.497 e. The summed E-state index contributed by atoms with van der Waals surface area (Å²) in [5, 5.41) is 1.93. The van der Waals surface area contributed by atoms with E-state index in [0.29, 0.717) is 21.9 Å². The van der Waals surface area contributed by atoms with Gasteiger partial charge in [-0.3, -0.25) is 9.78 Å². The number of carbonyl (C=O) groups excluding carboxylic acids is 3. The molecule has 0 saturated heterocycles. The number of rotatable bonds is 5. The quantitative estimate of drug-likeness (QED) is 0.265. The van der Waals surface area contributed by atoms with Crippen LogP contribution in [-0.4, -0.2) is 24.0 Å². The van der Waals surface area contributed by atoms with E-state index >= 15 is 0 Å². The summed E-state index contributed by atoms with van der Waals surface area (Å²) in [6, 6.07) is 21.3. The highest BCUT2D eigenvalue weighted by Gasteiger charge is 2.23.